The number of rotatable bonds is 6. The van der Waals surface area contributed by atoms with Crippen LogP contribution in [0.25, 0.3) is 11.1 Å². The largest absolute Gasteiger partial charge is 0.283 e. The second kappa shape index (κ2) is 6.96. The molecule has 112 valence electrons. The zero-order valence-corrected chi connectivity index (χ0v) is 13.4. The van der Waals surface area contributed by atoms with Crippen LogP contribution >= 0.6 is 11.6 Å². The van der Waals surface area contributed by atoms with Crippen LogP contribution in [-0.2, 0) is 10.0 Å². The molecule has 1 unspecified atom stereocenters. The molecule has 0 aromatic heterocycles. The standard InChI is InChI=1S/C16H18ClNO2S/c1-13(11-17)12-21(19,20)18-16-10-6-5-9-15(16)14-7-3-2-4-8-14/h2-10,13,18H,11-12H2,1H3. The molecule has 1 N–H and O–H groups in total. The number of sulfonamides is 1. The fraction of sp³-hybridized carbons (Fsp3) is 0.250. The highest BCUT2D eigenvalue weighted by Gasteiger charge is 2.16. The Morgan fingerprint density at radius 3 is 2.33 bits per heavy atom. The maximum Gasteiger partial charge on any atom is 0.233 e. The molecule has 2 aromatic carbocycles. The topological polar surface area (TPSA) is 46.2 Å². The van der Waals surface area contributed by atoms with Gasteiger partial charge in [-0.2, -0.15) is 0 Å². The molecule has 0 aliphatic carbocycles. The molecule has 0 amide bonds. The summed E-state index contributed by atoms with van der Waals surface area (Å²) < 4.78 is 27.0. The molecular formula is C16H18ClNO2S. The summed E-state index contributed by atoms with van der Waals surface area (Å²) in [6, 6.07) is 17.1. The van der Waals surface area contributed by atoms with Gasteiger partial charge in [0.25, 0.3) is 0 Å². The predicted octanol–water partition coefficient (Wildman–Crippen LogP) is 3.97. The number of nitrogens with one attached hydrogen (secondary N) is 1. The smallest absolute Gasteiger partial charge is 0.233 e. The Balaban J connectivity index is 2.30. The second-order valence-electron chi connectivity index (χ2n) is 5.05. The number of para-hydroxylation sites is 1. The number of hydrogen-bond acceptors (Lipinski definition) is 2. The first kappa shape index (κ1) is 15.9. The molecule has 1 atom stereocenters. The molecule has 0 fully saturated rings. The van der Waals surface area contributed by atoms with E-state index in [1.165, 1.54) is 0 Å². The molecule has 0 saturated carbocycles. The SMILES string of the molecule is CC(CCl)CS(=O)(=O)Nc1ccccc1-c1ccccc1. The van der Waals surface area contributed by atoms with Gasteiger partial charge in [0.1, 0.15) is 0 Å². The third-order valence-corrected chi connectivity index (χ3v) is 5.11. The number of halogens is 1. The Morgan fingerprint density at radius 1 is 1.05 bits per heavy atom. The predicted molar refractivity (Wildman–Crippen MR) is 89.2 cm³/mol. The molecule has 0 bridgehead atoms. The molecule has 0 heterocycles. The monoisotopic (exact) mass is 323 g/mol. The van der Waals surface area contributed by atoms with Gasteiger partial charge in [0.2, 0.25) is 10.0 Å². The van der Waals surface area contributed by atoms with Crippen molar-refractivity contribution in [2.24, 2.45) is 5.92 Å². The van der Waals surface area contributed by atoms with Crippen LogP contribution < -0.4 is 4.72 Å². The summed E-state index contributed by atoms with van der Waals surface area (Å²) in [5, 5.41) is 0. The second-order valence-corrected chi connectivity index (χ2v) is 7.13. The van der Waals surface area contributed by atoms with Gasteiger partial charge in [-0.25, -0.2) is 8.42 Å². The van der Waals surface area contributed by atoms with E-state index in [-0.39, 0.29) is 11.7 Å². The lowest BCUT2D eigenvalue weighted by atomic mass is 10.0. The Hall–Kier alpha value is -1.52. The first-order valence-electron chi connectivity index (χ1n) is 6.73. The number of alkyl halides is 1. The number of benzene rings is 2. The molecule has 0 radical (unpaired) electrons. The average molecular weight is 324 g/mol. The lowest BCUT2D eigenvalue weighted by Crippen LogP contribution is -2.22. The summed E-state index contributed by atoms with van der Waals surface area (Å²) in [7, 11) is -3.41. The molecule has 2 aromatic rings. The van der Waals surface area contributed by atoms with Gasteiger partial charge < -0.3 is 0 Å². The van der Waals surface area contributed by atoms with Crippen LogP contribution in [0.3, 0.4) is 0 Å². The third kappa shape index (κ3) is 4.48. The minimum Gasteiger partial charge on any atom is -0.283 e. The van der Waals surface area contributed by atoms with E-state index in [1.807, 2.05) is 55.5 Å². The van der Waals surface area contributed by atoms with Crippen molar-refractivity contribution in [3.63, 3.8) is 0 Å². The van der Waals surface area contributed by atoms with Crippen molar-refractivity contribution in [2.45, 2.75) is 6.92 Å². The van der Waals surface area contributed by atoms with Crippen LogP contribution in [-0.4, -0.2) is 20.1 Å². The van der Waals surface area contributed by atoms with Crippen LogP contribution in [0.1, 0.15) is 6.92 Å². The fourth-order valence-electron chi connectivity index (χ4n) is 2.07. The van der Waals surface area contributed by atoms with Gasteiger partial charge in [0, 0.05) is 11.4 Å². The summed E-state index contributed by atoms with van der Waals surface area (Å²) in [6.45, 7) is 1.81. The van der Waals surface area contributed by atoms with E-state index in [1.54, 1.807) is 6.07 Å². The highest BCUT2D eigenvalue weighted by atomic mass is 35.5. The van der Waals surface area contributed by atoms with Gasteiger partial charge in [-0.05, 0) is 17.5 Å². The fourth-order valence-corrected chi connectivity index (χ4v) is 3.77. The van der Waals surface area contributed by atoms with E-state index in [0.717, 1.165) is 11.1 Å². The van der Waals surface area contributed by atoms with Crippen molar-refractivity contribution in [1.82, 2.24) is 0 Å². The molecule has 0 aliphatic rings. The van der Waals surface area contributed by atoms with Gasteiger partial charge in [-0.1, -0.05) is 55.5 Å². The van der Waals surface area contributed by atoms with Crippen LogP contribution in [0.2, 0.25) is 0 Å². The first-order chi connectivity index (χ1) is 10.0. The zero-order valence-electron chi connectivity index (χ0n) is 11.8. The van der Waals surface area contributed by atoms with E-state index >= 15 is 0 Å². The molecule has 0 saturated heterocycles. The average Bonchev–Trinajstić information content (AvgIpc) is 2.47. The molecule has 3 nitrogen and oxygen atoms in total. The summed E-state index contributed by atoms with van der Waals surface area (Å²) in [5.74, 6) is 0.244. The van der Waals surface area contributed by atoms with Crippen LogP contribution in [0.15, 0.2) is 54.6 Å². The highest BCUT2D eigenvalue weighted by Crippen LogP contribution is 2.28. The van der Waals surface area contributed by atoms with Crippen molar-refractivity contribution < 1.29 is 8.42 Å². The van der Waals surface area contributed by atoms with Crippen molar-refractivity contribution in [3.8, 4) is 11.1 Å². The first-order valence-corrected chi connectivity index (χ1v) is 8.91. The number of hydrogen-bond donors (Lipinski definition) is 1. The van der Waals surface area contributed by atoms with E-state index in [4.69, 9.17) is 11.6 Å². The van der Waals surface area contributed by atoms with Crippen LogP contribution in [0.5, 0.6) is 0 Å². The molecule has 2 rings (SSSR count). The van der Waals surface area contributed by atoms with E-state index in [9.17, 15) is 8.42 Å². The van der Waals surface area contributed by atoms with Gasteiger partial charge in [0.15, 0.2) is 0 Å². The van der Waals surface area contributed by atoms with E-state index < -0.39 is 10.0 Å². The van der Waals surface area contributed by atoms with Crippen molar-refractivity contribution >= 4 is 27.3 Å². The Bertz CT molecular complexity index is 686. The summed E-state index contributed by atoms with van der Waals surface area (Å²) >= 11 is 5.70. The van der Waals surface area contributed by atoms with Crippen LogP contribution in [0, 0.1) is 5.92 Å². The molecule has 21 heavy (non-hydrogen) atoms. The zero-order chi connectivity index (χ0) is 15.3. The normalized spacial score (nSPS) is 12.9. The minimum atomic E-state index is -3.41. The van der Waals surface area contributed by atoms with Gasteiger partial charge in [-0.3, -0.25) is 4.72 Å². The third-order valence-electron chi connectivity index (χ3n) is 3.04. The summed E-state index contributed by atoms with van der Waals surface area (Å²) in [5.41, 5.74) is 2.42. The number of anilines is 1. The molecule has 5 heteroatoms. The maximum absolute atomic E-state index is 12.2. The summed E-state index contributed by atoms with van der Waals surface area (Å²) in [4.78, 5) is 0. The van der Waals surface area contributed by atoms with Crippen molar-refractivity contribution in [2.75, 3.05) is 16.4 Å². The van der Waals surface area contributed by atoms with Gasteiger partial charge in [-0.15, -0.1) is 11.6 Å². The van der Waals surface area contributed by atoms with Crippen LogP contribution in [0.4, 0.5) is 5.69 Å². The quantitative estimate of drug-likeness (QED) is 0.818. The summed E-state index contributed by atoms with van der Waals surface area (Å²) in [6.07, 6.45) is 0. The lowest BCUT2D eigenvalue weighted by molar-refractivity contribution is 0.588. The van der Waals surface area contributed by atoms with Gasteiger partial charge >= 0.3 is 0 Å². The Kier molecular flexibility index (Phi) is 5.26. The van der Waals surface area contributed by atoms with Crippen molar-refractivity contribution in [3.05, 3.63) is 54.6 Å². The Labute approximate surface area is 131 Å². The van der Waals surface area contributed by atoms with E-state index in [0.29, 0.717) is 11.6 Å². The van der Waals surface area contributed by atoms with E-state index in [2.05, 4.69) is 4.72 Å². The highest BCUT2D eigenvalue weighted by molar-refractivity contribution is 7.92. The Morgan fingerprint density at radius 2 is 1.67 bits per heavy atom. The van der Waals surface area contributed by atoms with Gasteiger partial charge in [0.05, 0.1) is 11.4 Å². The molecule has 0 spiro atoms. The molecule has 0 aliphatic heterocycles. The molecular weight excluding hydrogens is 306 g/mol. The maximum atomic E-state index is 12.2. The minimum absolute atomic E-state index is 0.0135. The lowest BCUT2D eigenvalue weighted by Gasteiger charge is -2.14. The van der Waals surface area contributed by atoms with Crippen molar-refractivity contribution in [1.29, 1.82) is 0 Å².